The molecule has 2 aliphatic heterocycles. The number of amides is 3. The Morgan fingerprint density at radius 2 is 1.44 bits per heavy atom. The molecule has 0 aliphatic carbocycles. The van der Waals surface area contributed by atoms with Gasteiger partial charge in [-0.05, 0) is 72.2 Å². The number of ether oxygens (including phenoxy) is 2. The first-order valence-corrected chi connectivity index (χ1v) is 19.9. The summed E-state index contributed by atoms with van der Waals surface area (Å²) in [6.07, 6.45) is 7.39. The predicted octanol–water partition coefficient (Wildman–Crippen LogP) is 8.22. The molecule has 4 heterocycles. The van der Waals surface area contributed by atoms with Crippen molar-refractivity contribution in [2.45, 2.75) is 78.1 Å². The second kappa shape index (κ2) is 16.8. The molecule has 57 heavy (non-hydrogen) atoms. The fraction of sp³-hybridized carbons (Fsp3) is 0.400. The van der Waals surface area contributed by atoms with Gasteiger partial charge in [0.2, 0.25) is 11.8 Å². The fourth-order valence-corrected chi connectivity index (χ4v) is 7.97. The largest absolute Gasteiger partial charge is 0.453 e. The summed E-state index contributed by atoms with van der Waals surface area (Å²) < 4.78 is 10.3. The maximum absolute atomic E-state index is 13.7. The number of carbonyl (C=O) groups excluding carboxylic acids is 3. The first-order chi connectivity index (χ1) is 27.5. The third-order valence-corrected chi connectivity index (χ3v) is 11.9. The van der Waals surface area contributed by atoms with Crippen molar-refractivity contribution in [2.24, 2.45) is 11.8 Å². The summed E-state index contributed by atoms with van der Waals surface area (Å²) >= 11 is 0. The number of benzene rings is 3. The van der Waals surface area contributed by atoms with Crippen LogP contribution >= 0.6 is 0 Å². The van der Waals surface area contributed by atoms with E-state index < -0.39 is 12.1 Å². The molecule has 1 fully saturated rings. The molecule has 2 aliphatic rings. The number of hydrogen-bond acceptors (Lipinski definition) is 7. The van der Waals surface area contributed by atoms with Gasteiger partial charge in [-0.15, -0.1) is 0 Å². The maximum atomic E-state index is 13.7. The van der Waals surface area contributed by atoms with Crippen LogP contribution in [0.4, 0.5) is 4.79 Å². The van der Waals surface area contributed by atoms with Gasteiger partial charge in [-0.2, -0.15) is 0 Å². The lowest BCUT2D eigenvalue weighted by Crippen LogP contribution is -2.51. The average molecular weight is 772 g/mol. The fourth-order valence-electron chi connectivity index (χ4n) is 7.97. The highest BCUT2D eigenvalue weighted by Crippen LogP contribution is 2.35. The molecule has 3 N–H and O–H groups in total. The molecule has 5 aromatic rings. The number of alkyl carbamates (subject to hydrolysis) is 1. The molecule has 7 rings (SSSR count). The highest BCUT2D eigenvalue weighted by Gasteiger charge is 2.38. The van der Waals surface area contributed by atoms with Crippen molar-refractivity contribution in [3.8, 4) is 33.6 Å². The zero-order chi connectivity index (χ0) is 40.4. The number of hydrogen-bond donors (Lipinski definition) is 3. The molecule has 0 unspecified atom stereocenters. The van der Waals surface area contributed by atoms with Crippen LogP contribution in [0.5, 0.6) is 0 Å². The van der Waals surface area contributed by atoms with E-state index in [-0.39, 0.29) is 41.8 Å². The van der Waals surface area contributed by atoms with Crippen LogP contribution < -0.4 is 5.32 Å². The number of nitrogens with one attached hydrogen (secondary N) is 3. The Balaban J connectivity index is 1.04. The minimum atomic E-state index is -0.667. The molecule has 3 amide bonds. The second-order valence-electron chi connectivity index (χ2n) is 15.6. The number of carbonyl (C=O) groups is 3. The van der Waals surface area contributed by atoms with Crippen LogP contribution in [0.3, 0.4) is 0 Å². The lowest BCUT2D eigenvalue weighted by molar-refractivity contribution is -0.139. The number of nitrogens with zero attached hydrogens (tertiary/aromatic N) is 4. The first-order valence-electron chi connectivity index (χ1n) is 19.9. The Hall–Kier alpha value is -5.75. The molecule has 298 valence electrons. The third-order valence-electron chi connectivity index (χ3n) is 11.9. The summed E-state index contributed by atoms with van der Waals surface area (Å²) in [6, 6.07) is 20.2. The number of fused-ring (bicyclic) bond motifs is 1. The number of aromatic amines is 2. The molecule has 2 aromatic heterocycles. The van der Waals surface area contributed by atoms with E-state index in [9.17, 15) is 14.4 Å². The SMILES string of the molecule is CC[C@H](C)[C@H](NC(=O)OC)C(=O)N1CCC[C@H]1c1ncc(-c2ccc3cc(-c4ccc(-c5cnc([C@@H]6C=C(C)CN6C(=O)[C@@H](C)[C@@H](C)OC)[nH]5)cc4)ccc3c2)[nH]1. The van der Waals surface area contributed by atoms with Crippen molar-refractivity contribution >= 4 is 28.7 Å². The molecule has 6 atom stereocenters. The number of methoxy groups -OCH3 is 2. The summed E-state index contributed by atoms with van der Waals surface area (Å²) in [5, 5.41) is 4.98. The van der Waals surface area contributed by atoms with Gasteiger partial charge < -0.3 is 34.6 Å². The predicted molar refractivity (Wildman–Crippen MR) is 221 cm³/mol. The Labute approximate surface area is 334 Å². The van der Waals surface area contributed by atoms with E-state index in [1.807, 2.05) is 56.8 Å². The number of H-pyrrole nitrogens is 2. The van der Waals surface area contributed by atoms with E-state index >= 15 is 0 Å². The Kier molecular flexibility index (Phi) is 11.6. The van der Waals surface area contributed by atoms with Gasteiger partial charge in [0.1, 0.15) is 23.7 Å². The minimum Gasteiger partial charge on any atom is -0.453 e. The van der Waals surface area contributed by atoms with E-state index in [2.05, 4.69) is 82.0 Å². The second-order valence-corrected chi connectivity index (χ2v) is 15.6. The van der Waals surface area contributed by atoms with Crippen molar-refractivity contribution in [2.75, 3.05) is 27.3 Å². The van der Waals surface area contributed by atoms with Crippen LogP contribution in [0.25, 0.3) is 44.4 Å². The number of likely N-dealkylation sites (tertiary alicyclic amines) is 1. The average Bonchev–Trinajstić information content (AvgIpc) is 4.08. The smallest absolute Gasteiger partial charge is 0.407 e. The summed E-state index contributed by atoms with van der Waals surface area (Å²) in [7, 11) is 2.94. The van der Waals surface area contributed by atoms with Crippen molar-refractivity contribution < 1.29 is 23.9 Å². The van der Waals surface area contributed by atoms with Gasteiger partial charge in [-0.3, -0.25) is 9.59 Å². The van der Waals surface area contributed by atoms with Crippen molar-refractivity contribution in [1.82, 2.24) is 35.1 Å². The minimum absolute atomic E-state index is 0.0473. The van der Waals surface area contributed by atoms with E-state index in [4.69, 9.17) is 19.4 Å². The summed E-state index contributed by atoms with van der Waals surface area (Å²) in [6.45, 7) is 11.0. The van der Waals surface area contributed by atoms with Gasteiger partial charge in [-0.25, -0.2) is 14.8 Å². The monoisotopic (exact) mass is 771 g/mol. The van der Waals surface area contributed by atoms with Crippen LogP contribution in [0, 0.1) is 11.8 Å². The standard InChI is InChI=1S/C45H53N7O5/c1-8-27(3)40(50-45(55)57-7)44(54)51-19-9-10-38(51)41-46-24-37(49-41)35-18-17-33-21-32(15-16-34(33)22-35)30-11-13-31(14-12-30)36-23-47-42(48-36)39-20-26(2)25-52(39)43(53)28(4)29(5)56-6/h11-18,20-24,27-29,38-40H,8-10,19,25H2,1-7H3,(H,46,49)(H,47,48)(H,50,55)/t27-,28-,29+,38-,39-,40-/m0/s1. The van der Waals surface area contributed by atoms with Gasteiger partial charge in [0, 0.05) is 25.8 Å². The van der Waals surface area contributed by atoms with Crippen LogP contribution in [0.15, 0.2) is 84.7 Å². The Morgan fingerprint density at radius 3 is 2.12 bits per heavy atom. The third kappa shape index (κ3) is 8.09. The van der Waals surface area contributed by atoms with Crippen LogP contribution in [0.2, 0.25) is 0 Å². The molecule has 12 heteroatoms. The molecular formula is C45H53N7O5. The van der Waals surface area contributed by atoms with Gasteiger partial charge in [0.05, 0.1) is 49.0 Å². The Morgan fingerprint density at radius 1 is 0.825 bits per heavy atom. The van der Waals surface area contributed by atoms with Crippen LogP contribution in [-0.4, -0.2) is 87.1 Å². The van der Waals surface area contributed by atoms with E-state index in [0.717, 1.165) is 80.9 Å². The maximum Gasteiger partial charge on any atom is 0.407 e. The molecule has 3 aromatic carbocycles. The lowest BCUT2D eigenvalue weighted by Gasteiger charge is -2.30. The molecule has 0 spiro atoms. The quantitative estimate of drug-likeness (QED) is 0.108. The van der Waals surface area contributed by atoms with E-state index in [0.29, 0.717) is 13.1 Å². The number of rotatable bonds is 12. The van der Waals surface area contributed by atoms with E-state index in [1.165, 1.54) is 7.11 Å². The summed E-state index contributed by atoms with van der Waals surface area (Å²) in [5.41, 5.74) is 7.14. The normalized spacial score (nSPS) is 19.0. The van der Waals surface area contributed by atoms with Gasteiger partial charge in [0.15, 0.2) is 0 Å². The van der Waals surface area contributed by atoms with Crippen molar-refractivity contribution in [1.29, 1.82) is 0 Å². The van der Waals surface area contributed by atoms with Gasteiger partial charge in [0.25, 0.3) is 0 Å². The molecule has 0 bridgehead atoms. The Bertz CT molecular complexity index is 2280. The molecule has 12 nitrogen and oxygen atoms in total. The summed E-state index contributed by atoms with van der Waals surface area (Å²) in [5.74, 6) is 1.12. The van der Waals surface area contributed by atoms with Crippen LogP contribution in [-0.2, 0) is 19.1 Å². The highest BCUT2D eigenvalue weighted by atomic mass is 16.5. The van der Waals surface area contributed by atoms with Crippen molar-refractivity contribution in [3.63, 3.8) is 0 Å². The highest BCUT2D eigenvalue weighted by molar-refractivity contribution is 5.91. The number of imidazole rings is 2. The zero-order valence-corrected chi connectivity index (χ0v) is 33.8. The van der Waals surface area contributed by atoms with Crippen molar-refractivity contribution in [3.05, 3.63) is 96.4 Å². The van der Waals surface area contributed by atoms with Crippen LogP contribution in [0.1, 0.15) is 77.6 Å². The number of aromatic nitrogens is 4. The topological polar surface area (TPSA) is 146 Å². The lowest BCUT2D eigenvalue weighted by atomic mass is 9.97. The molecule has 0 radical (unpaired) electrons. The summed E-state index contributed by atoms with van der Waals surface area (Å²) in [4.78, 5) is 59.3. The molecule has 0 saturated carbocycles. The zero-order valence-electron chi connectivity index (χ0n) is 33.8. The van der Waals surface area contributed by atoms with E-state index in [1.54, 1.807) is 7.11 Å². The molecule has 1 saturated heterocycles. The van der Waals surface area contributed by atoms with Gasteiger partial charge >= 0.3 is 6.09 Å². The first kappa shape index (κ1) is 39.5. The van der Waals surface area contributed by atoms with Gasteiger partial charge in [-0.1, -0.05) is 87.4 Å². The molecular weight excluding hydrogens is 719 g/mol.